The van der Waals surface area contributed by atoms with Gasteiger partial charge in [-0.05, 0) is 74.1 Å². The van der Waals surface area contributed by atoms with Crippen molar-refractivity contribution >= 4 is 0 Å². The third-order valence-corrected chi connectivity index (χ3v) is 6.17. The molecule has 0 radical (unpaired) electrons. The predicted molar refractivity (Wildman–Crippen MR) is 106 cm³/mol. The normalized spacial score (nSPS) is 19.6. The van der Waals surface area contributed by atoms with Crippen LogP contribution in [0.1, 0.15) is 77.8 Å². The molecule has 1 nitrogen and oxygen atoms in total. The van der Waals surface area contributed by atoms with Gasteiger partial charge in [-0.3, -0.25) is 0 Å². The summed E-state index contributed by atoms with van der Waals surface area (Å²) in [6.45, 7) is 14.1. The molecule has 0 N–H and O–H groups in total. The average Bonchev–Trinajstić information content (AvgIpc) is 2.58. The van der Waals surface area contributed by atoms with Crippen LogP contribution in [0.2, 0.25) is 0 Å². The zero-order chi connectivity index (χ0) is 17.6. The van der Waals surface area contributed by atoms with Crippen molar-refractivity contribution in [2.75, 3.05) is 13.1 Å². The van der Waals surface area contributed by atoms with Gasteiger partial charge in [0.1, 0.15) is 0 Å². The van der Waals surface area contributed by atoms with Crippen molar-refractivity contribution in [3.63, 3.8) is 0 Å². The molecule has 1 aliphatic heterocycles. The second kappa shape index (κ2) is 8.74. The number of nitrogens with zero attached hydrogens (tertiary/aromatic N) is 1. The highest BCUT2D eigenvalue weighted by atomic mass is 15.1. The topological polar surface area (TPSA) is 3.24 Å². The molecule has 1 unspecified atom stereocenters. The van der Waals surface area contributed by atoms with Gasteiger partial charge in [0.25, 0.3) is 0 Å². The van der Waals surface area contributed by atoms with E-state index < -0.39 is 0 Å². The lowest BCUT2D eigenvalue weighted by Gasteiger charge is -2.31. The van der Waals surface area contributed by atoms with E-state index in [-0.39, 0.29) is 0 Å². The summed E-state index contributed by atoms with van der Waals surface area (Å²) >= 11 is 0. The maximum atomic E-state index is 2.52. The van der Waals surface area contributed by atoms with E-state index in [2.05, 4.69) is 70.0 Å². The highest BCUT2D eigenvalue weighted by Crippen LogP contribution is 2.35. The van der Waals surface area contributed by atoms with Crippen LogP contribution in [-0.2, 0) is 11.8 Å². The van der Waals surface area contributed by atoms with Gasteiger partial charge in [-0.1, -0.05) is 57.5 Å². The molecule has 1 aromatic carbocycles. The molecule has 1 atom stereocenters. The van der Waals surface area contributed by atoms with Gasteiger partial charge in [0.05, 0.1) is 0 Å². The summed E-state index contributed by atoms with van der Waals surface area (Å²) in [4.78, 5) is 2.52. The van der Waals surface area contributed by atoms with E-state index in [0.29, 0.717) is 5.41 Å². The maximum Gasteiger partial charge on any atom is 0.0198 e. The van der Waals surface area contributed by atoms with E-state index in [4.69, 9.17) is 0 Å². The molecule has 0 aromatic heterocycles. The molecule has 1 fully saturated rings. The minimum Gasteiger partial charge on any atom is -0.377 e. The van der Waals surface area contributed by atoms with Crippen LogP contribution in [0.4, 0.5) is 0 Å². The minimum atomic E-state index is 0.368. The summed E-state index contributed by atoms with van der Waals surface area (Å²) in [7, 11) is 0. The average molecular weight is 328 g/mol. The summed E-state index contributed by atoms with van der Waals surface area (Å²) in [5.74, 6) is 0.840. The molecule has 134 valence electrons. The van der Waals surface area contributed by atoms with Crippen LogP contribution in [-0.4, -0.2) is 18.0 Å². The molecule has 1 saturated heterocycles. The van der Waals surface area contributed by atoms with Crippen LogP contribution in [0.15, 0.2) is 36.0 Å². The number of likely N-dealkylation sites (tertiary alicyclic amines) is 1. The number of benzene rings is 1. The van der Waals surface area contributed by atoms with Gasteiger partial charge in [-0.2, -0.15) is 0 Å². The largest absolute Gasteiger partial charge is 0.377 e. The minimum absolute atomic E-state index is 0.368. The van der Waals surface area contributed by atoms with Crippen LogP contribution in [0.3, 0.4) is 0 Å². The van der Waals surface area contributed by atoms with E-state index in [1.165, 1.54) is 61.9 Å². The van der Waals surface area contributed by atoms with Crippen molar-refractivity contribution in [2.24, 2.45) is 5.92 Å². The first-order valence-electron chi connectivity index (χ1n) is 10.0. The Bertz CT molecular complexity index is 513. The quantitative estimate of drug-likeness (QED) is 0.565. The molecule has 0 aliphatic carbocycles. The van der Waals surface area contributed by atoms with Crippen molar-refractivity contribution < 1.29 is 0 Å². The predicted octanol–water partition coefficient (Wildman–Crippen LogP) is 6.33. The van der Waals surface area contributed by atoms with Crippen molar-refractivity contribution in [1.29, 1.82) is 0 Å². The molecule has 0 saturated carbocycles. The van der Waals surface area contributed by atoms with Crippen molar-refractivity contribution in [1.82, 2.24) is 4.90 Å². The standard InChI is InChI=1S/C23H37N/c1-6-23(7-2,8-3)22-13-11-21(12-14-22)16-20(5)18-24-15-9-10-19(4)17-24/h11-14,18-19H,6-10,15-17H2,1-5H3. The SMILES string of the molecule is CCC(CC)(CC)c1ccc(CC(C)=CN2CCCC(C)C2)cc1. The highest BCUT2D eigenvalue weighted by Gasteiger charge is 2.25. The van der Waals surface area contributed by atoms with Gasteiger partial charge in [-0.15, -0.1) is 0 Å². The number of allylic oxidation sites excluding steroid dienone is 1. The second-order valence-electron chi connectivity index (χ2n) is 7.93. The van der Waals surface area contributed by atoms with Gasteiger partial charge in [-0.25, -0.2) is 0 Å². The summed E-state index contributed by atoms with van der Waals surface area (Å²) in [5, 5.41) is 0. The third kappa shape index (κ3) is 4.65. The van der Waals surface area contributed by atoms with Crippen LogP contribution in [0.25, 0.3) is 0 Å². The molecular weight excluding hydrogens is 290 g/mol. The summed E-state index contributed by atoms with van der Waals surface area (Å²) < 4.78 is 0. The molecule has 0 amide bonds. The molecule has 1 heteroatoms. The third-order valence-electron chi connectivity index (χ3n) is 6.17. The first-order chi connectivity index (χ1) is 11.5. The fourth-order valence-corrected chi connectivity index (χ4v) is 4.36. The molecule has 1 aromatic rings. The lowest BCUT2D eigenvalue weighted by molar-refractivity contribution is 0.246. The van der Waals surface area contributed by atoms with Gasteiger partial charge in [0.2, 0.25) is 0 Å². The van der Waals surface area contributed by atoms with E-state index in [1.54, 1.807) is 0 Å². The molecule has 2 rings (SSSR count). The Morgan fingerprint density at radius 3 is 2.29 bits per heavy atom. The molecule has 1 heterocycles. The van der Waals surface area contributed by atoms with Crippen LogP contribution >= 0.6 is 0 Å². The fraction of sp³-hybridized carbons (Fsp3) is 0.652. The van der Waals surface area contributed by atoms with Crippen molar-refractivity contribution in [3.05, 3.63) is 47.2 Å². The molecule has 1 aliphatic rings. The van der Waals surface area contributed by atoms with E-state index in [1.807, 2.05) is 0 Å². The van der Waals surface area contributed by atoms with Gasteiger partial charge in [0.15, 0.2) is 0 Å². The fourth-order valence-electron chi connectivity index (χ4n) is 4.36. The van der Waals surface area contributed by atoms with E-state index in [0.717, 1.165) is 12.3 Å². The van der Waals surface area contributed by atoms with Crippen molar-refractivity contribution in [3.8, 4) is 0 Å². The Labute approximate surface area is 150 Å². The highest BCUT2D eigenvalue weighted by molar-refractivity contribution is 5.31. The Balaban J connectivity index is 2.03. The lowest BCUT2D eigenvalue weighted by atomic mass is 9.73. The first-order valence-corrected chi connectivity index (χ1v) is 10.0. The Kier molecular flexibility index (Phi) is 6.95. The summed E-state index contributed by atoms with van der Waals surface area (Å²) in [6, 6.07) is 9.45. The molecule has 0 bridgehead atoms. The van der Waals surface area contributed by atoms with Crippen LogP contribution in [0, 0.1) is 5.92 Å². The van der Waals surface area contributed by atoms with Gasteiger partial charge in [0, 0.05) is 13.1 Å². The Morgan fingerprint density at radius 1 is 1.12 bits per heavy atom. The molecule has 24 heavy (non-hydrogen) atoms. The number of hydrogen-bond donors (Lipinski definition) is 0. The zero-order valence-electron chi connectivity index (χ0n) is 16.6. The molecule has 0 spiro atoms. The van der Waals surface area contributed by atoms with E-state index >= 15 is 0 Å². The Hall–Kier alpha value is -1.24. The lowest BCUT2D eigenvalue weighted by Crippen LogP contribution is -2.30. The molecular formula is C23H37N. The van der Waals surface area contributed by atoms with E-state index in [9.17, 15) is 0 Å². The number of hydrogen-bond acceptors (Lipinski definition) is 1. The monoisotopic (exact) mass is 327 g/mol. The number of piperidine rings is 1. The second-order valence-corrected chi connectivity index (χ2v) is 7.93. The van der Waals surface area contributed by atoms with Crippen molar-refractivity contribution in [2.45, 2.75) is 78.6 Å². The number of rotatable bonds is 7. The zero-order valence-corrected chi connectivity index (χ0v) is 16.6. The van der Waals surface area contributed by atoms with Crippen LogP contribution < -0.4 is 0 Å². The van der Waals surface area contributed by atoms with Crippen LogP contribution in [0.5, 0.6) is 0 Å². The smallest absolute Gasteiger partial charge is 0.0198 e. The Morgan fingerprint density at radius 2 is 1.75 bits per heavy atom. The summed E-state index contributed by atoms with van der Waals surface area (Å²) in [5.41, 5.74) is 4.80. The summed E-state index contributed by atoms with van der Waals surface area (Å²) in [6.07, 6.45) is 9.88. The first kappa shape index (κ1) is 19.1. The maximum absolute atomic E-state index is 2.52. The van der Waals surface area contributed by atoms with Gasteiger partial charge < -0.3 is 4.90 Å². The van der Waals surface area contributed by atoms with Gasteiger partial charge >= 0.3 is 0 Å².